The van der Waals surface area contributed by atoms with Crippen molar-refractivity contribution in [2.45, 2.75) is 26.4 Å². The average Bonchev–Trinajstić information content (AvgIpc) is 2.33. The smallest absolute Gasteiger partial charge is 0.407 e. The maximum absolute atomic E-state index is 13.8. The summed E-state index contributed by atoms with van der Waals surface area (Å²) >= 11 is 0. The van der Waals surface area contributed by atoms with E-state index in [-0.39, 0.29) is 13.1 Å². The fourth-order valence-corrected chi connectivity index (χ4v) is 2.67. The minimum atomic E-state index is -3.93. The molecule has 1 aromatic carbocycles. The van der Waals surface area contributed by atoms with E-state index in [1.165, 1.54) is 0 Å². The lowest BCUT2D eigenvalue weighted by molar-refractivity contribution is 0.0529. The second kappa shape index (κ2) is 7.12. The number of hydrogen-bond acceptors (Lipinski definition) is 4. The van der Waals surface area contributed by atoms with E-state index in [1.807, 2.05) is 0 Å². The summed E-state index contributed by atoms with van der Waals surface area (Å²) in [6, 6.07) is 3.04. The molecule has 0 atom stereocenters. The third-order valence-electron chi connectivity index (χ3n) is 2.57. The van der Waals surface area contributed by atoms with Gasteiger partial charge < -0.3 is 10.1 Å². The van der Waals surface area contributed by atoms with Crippen LogP contribution < -0.4 is 9.62 Å². The highest BCUT2D eigenvalue weighted by molar-refractivity contribution is 7.92. The summed E-state index contributed by atoms with van der Waals surface area (Å²) in [7, 11) is -3.93. The molecule has 1 aromatic rings. The lowest BCUT2D eigenvalue weighted by atomic mass is 10.2. The number of para-hydroxylation sites is 1. The normalized spacial score (nSPS) is 11.9. The highest BCUT2D eigenvalue weighted by Gasteiger charge is 2.24. The number of ether oxygens (including phenoxy) is 1. The zero-order chi connectivity index (χ0) is 17.8. The third-order valence-corrected chi connectivity index (χ3v) is 3.74. The van der Waals surface area contributed by atoms with E-state index in [0.717, 1.165) is 24.5 Å². The summed E-state index contributed by atoms with van der Waals surface area (Å²) < 4.78 is 56.7. The molecule has 0 radical (unpaired) electrons. The molecule has 9 heteroatoms. The summed E-state index contributed by atoms with van der Waals surface area (Å²) in [5.74, 6) is -2.01. The van der Waals surface area contributed by atoms with E-state index < -0.39 is 39.0 Å². The van der Waals surface area contributed by atoms with Crippen LogP contribution in [0.2, 0.25) is 0 Å². The molecule has 0 aliphatic heterocycles. The van der Waals surface area contributed by atoms with Crippen LogP contribution in [-0.4, -0.2) is 39.5 Å². The predicted molar refractivity (Wildman–Crippen MR) is 82.8 cm³/mol. The minimum absolute atomic E-state index is 0.171. The molecule has 1 amide bonds. The van der Waals surface area contributed by atoms with Gasteiger partial charge >= 0.3 is 6.09 Å². The van der Waals surface area contributed by atoms with Gasteiger partial charge in [0, 0.05) is 6.54 Å². The predicted octanol–water partition coefficient (Wildman–Crippen LogP) is 2.26. The first kappa shape index (κ1) is 19.1. The Bertz CT molecular complexity index is 652. The van der Waals surface area contributed by atoms with Crippen LogP contribution in [0.15, 0.2) is 18.2 Å². The van der Waals surface area contributed by atoms with Crippen LogP contribution in [0, 0.1) is 11.6 Å². The topological polar surface area (TPSA) is 75.7 Å². The fraction of sp³-hybridized carbons (Fsp3) is 0.500. The molecule has 0 fully saturated rings. The van der Waals surface area contributed by atoms with Crippen LogP contribution in [0.1, 0.15) is 20.8 Å². The molecule has 1 rings (SSSR count). The molecule has 0 spiro atoms. The Kier molecular flexibility index (Phi) is 5.92. The summed E-state index contributed by atoms with van der Waals surface area (Å²) in [6.07, 6.45) is 0.0757. The van der Waals surface area contributed by atoms with Crippen LogP contribution in [0.3, 0.4) is 0 Å². The lowest BCUT2D eigenvalue weighted by Gasteiger charge is -2.24. The maximum Gasteiger partial charge on any atom is 0.407 e. The number of benzene rings is 1. The van der Waals surface area contributed by atoms with Crippen molar-refractivity contribution in [3.63, 3.8) is 0 Å². The molecule has 1 N–H and O–H groups in total. The van der Waals surface area contributed by atoms with Gasteiger partial charge in [-0.15, -0.1) is 0 Å². The van der Waals surface area contributed by atoms with Crippen molar-refractivity contribution in [3.05, 3.63) is 29.8 Å². The van der Waals surface area contributed by atoms with Gasteiger partial charge in [-0.1, -0.05) is 6.07 Å². The van der Waals surface area contributed by atoms with Gasteiger partial charge in [-0.25, -0.2) is 22.0 Å². The van der Waals surface area contributed by atoms with Gasteiger partial charge in [-0.2, -0.15) is 0 Å². The maximum atomic E-state index is 13.8. The summed E-state index contributed by atoms with van der Waals surface area (Å²) in [5, 5.41) is 2.34. The Morgan fingerprint density at radius 2 is 1.78 bits per heavy atom. The number of sulfonamides is 1. The number of alkyl carbamates (subject to hydrolysis) is 1. The second-order valence-electron chi connectivity index (χ2n) is 5.83. The van der Waals surface area contributed by atoms with Crippen LogP contribution in [-0.2, 0) is 14.8 Å². The number of nitrogens with zero attached hydrogens (tertiary/aromatic N) is 1. The first-order chi connectivity index (χ1) is 10.4. The van der Waals surface area contributed by atoms with Gasteiger partial charge in [-0.05, 0) is 32.9 Å². The molecule has 0 saturated carbocycles. The van der Waals surface area contributed by atoms with E-state index in [1.54, 1.807) is 20.8 Å². The molecule has 0 aromatic heterocycles. The van der Waals surface area contributed by atoms with Crippen LogP contribution in [0.5, 0.6) is 0 Å². The van der Waals surface area contributed by atoms with E-state index in [4.69, 9.17) is 4.74 Å². The van der Waals surface area contributed by atoms with Crippen LogP contribution >= 0.6 is 0 Å². The third kappa shape index (κ3) is 6.01. The lowest BCUT2D eigenvalue weighted by Crippen LogP contribution is -2.40. The molecule has 23 heavy (non-hydrogen) atoms. The molecule has 0 aliphatic carbocycles. The quantitative estimate of drug-likeness (QED) is 0.884. The minimum Gasteiger partial charge on any atom is -0.444 e. The van der Waals surface area contributed by atoms with Crippen molar-refractivity contribution in [3.8, 4) is 0 Å². The summed E-state index contributed by atoms with van der Waals surface area (Å²) in [4.78, 5) is 11.5. The molecule has 0 aliphatic rings. The van der Waals surface area contributed by atoms with Gasteiger partial charge in [-0.3, -0.25) is 4.31 Å². The zero-order valence-electron chi connectivity index (χ0n) is 13.4. The number of hydrogen-bond donors (Lipinski definition) is 1. The largest absolute Gasteiger partial charge is 0.444 e. The first-order valence-corrected chi connectivity index (χ1v) is 8.65. The Morgan fingerprint density at radius 3 is 2.22 bits per heavy atom. The number of amides is 1. The molecule has 6 nitrogen and oxygen atoms in total. The van der Waals surface area contributed by atoms with Crippen molar-refractivity contribution in [1.82, 2.24) is 5.32 Å². The van der Waals surface area contributed by atoms with Gasteiger partial charge in [0.05, 0.1) is 12.8 Å². The highest BCUT2D eigenvalue weighted by atomic mass is 32.2. The van der Waals surface area contributed by atoms with Crippen LogP contribution in [0.4, 0.5) is 19.3 Å². The number of halogens is 2. The Labute approximate surface area is 134 Å². The second-order valence-corrected chi connectivity index (χ2v) is 7.74. The number of carbonyl (C=O) groups excluding carboxylic acids is 1. The Balaban J connectivity index is 2.85. The molecular weight excluding hydrogens is 330 g/mol. The number of rotatable bonds is 5. The Hall–Kier alpha value is -1.90. The van der Waals surface area contributed by atoms with Crippen molar-refractivity contribution >= 4 is 21.8 Å². The summed E-state index contributed by atoms with van der Waals surface area (Å²) in [6.45, 7) is 4.50. The van der Waals surface area contributed by atoms with Crippen molar-refractivity contribution < 1.29 is 26.7 Å². The van der Waals surface area contributed by atoms with Crippen molar-refractivity contribution in [2.24, 2.45) is 0 Å². The van der Waals surface area contributed by atoms with E-state index >= 15 is 0 Å². The molecule has 130 valence electrons. The SMILES string of the molecule is CC(C)(C)OC(=O)NCCN(c1c(F)cccc1F)S(C)(=O)=O. The standard InChI is InChI=1S/C14H20F2N2O4S/c1-14(2,3)22-13(19)17-8-9-18(23(4,20)21)12-10(15)6-5-7-11(12)16/h5-7H,8-9H2,1-4H3,(H,17,19). The molecule has 0 bridgehead atoms. The highest BCUT2D eigenvalue weighted by Crippen LogP contribution is 2.24. The summed E-state index contributed by atoms with van der Waals surface area (Å²) in [5.41, 5.74) is -1.39. The average molecular weight is 350 g/mol. The molecular formula is C14H20F2N2O4S. The van der Waals surface area contributed by atoms with Gasteiger partial charge in [0.15, 0.2) is 11.6 Å². The Morgan fingerprint density at radius 1 is 1.26 bits per heavy atom. The fourth-order valence-electron chi connectivity index (χ4n) is 1.74. The van der Waals surface area contributed by atoms with E-state index in [2.05, 4.69) is 5.32 Å². The number of carbonyl (C=O) groups is 1. The van der Waals surface area contributed by atoms with Gasteiger partial charge in [0.25, 0.3) is 0 Å². The molecule has 0 saturated heterocycles. The van der Waals surface area contributed by atoms with Gasteiger partial charge in [0.1, 0.15) is 11.3 Å². The number of anilines is 1. The molecule has 0 unspecified atom stereocenters. The van der Waals surface area contributed by atoms with Gasteiger partial charge in [0.2, 0.25) is 10.0 Å². The van der Waals surface area contributed by atoms with E-state index in [0.29, 0.717) is 4.31 Å². The van der Waals surface area contributed by atoms with Crippen molar-refractivity contribution in [2.75, 3.05) is 23.7 Å². The molecule has 0 heterocycles. The first-order valence-electron chi connectivity index (χ1n) is 6.80. The van der Waals surface area contributed by atoms with Crippen molar-refractivity contribution in [1.29, 1.82) is 0 Å². The van der Waals surface area contributed by atoms with Crippen LogP contribution in [0.25, 0.3) is 0 Å². The monoisotopic (exact) mass is 350 g/mol. The number of nitrogens with one attached hydrogen (secondary N) is 1. The zero-order valence-corrected chi connectivity index (χ0v) is 14.2. The van der Waals surface area contributed by atoms with E-state index in [9.17, 15) is 22.0 Å².